The molecular weight excluding hydrogens is 398 g/mol. The van der Waals surface area contributed by atoms with E-state index >= 15 is 0 Å². The quantitative estimate of drug-likeness (QED) is 0.647. The monoisotopic (exact) mass is 419 g/mol. The van der Waals surface area contributed by atoms with Gasteiger partial charge in [0.15, 0.2) is 5.13 Å². The van der Waals surface area contributed by atoms with Gasteiger partial charge in [0.25, 0.3) is 0 Å². The molecule has 0 saturated heterocycles. The fourth-order valence-electron chi connectivity index (χ4n) is 3.94. The third-order valence-corrected chi connectivity index (χ3v) is 6.33. The molecular formula is C23H21N3O3S. The molecule has 7 heteroatoms. The lowest BCUT2D eigenvalue weighted by Gasteiger charge is -2.24. The van der Waals surface area contributed by atoms with E-state index in [1.807, 2.05) is 41.8 Å². The van der Waals surface area contributed by atoms with Crippen LogP contribution in [0.3, 0.4) is 0 Å². The molecule has 2 N–H and O–H groups in total. The van der Waals surface area contributed by atoms with E-state index in [1.165, 1.54) is 16.9 Å². The van der Waals surface area contributed by atoms with Crippen LogP contribution in [0, 0.1) is 5.92 Å². The summed E-state index contributed by atoms with van der Waals surface area (Å²) in [6.45, 7) is 0.724. The molecule has 3 aromatic rings. The van der Waals surface area contributed by atoms with E-state index in [-0.39, 0.29) is 24.2 Å². The second-order valence-electron chi connectivity index (χ2n) is 7.59. The number of benzene rings is 2. The van der Waals surface area contributed by atoms with Crippen molar-refractivity contribution in [2.75, 3.05) is 17.2 Å². The largest absolute Gasteiger partial charge is 0.493 e. The number of hydrogen-bond acceptors (Lipinski definition) is 5. The van der Waals surface area contributed by atoms with Crippen LogP contribution in [0.2, 0.25) is 0 Å². The zero-order valence-electron chi connectivity index (χ0n) is 16.3. The minimum Gasteiger partial charge on any atom is -0.493 e. The number of para-hydroxylation sites is 1. The lowest BCUT2D eigenvalue weighted by atomic mass is 9.89. The second-order valence-corrected chi connectivity index (χ2v) is 8.45. The summed E-state index contributed by atoms with van der Waals surface area (Å²) in [6, 6.07) is 13.9. The number of carbonyl (C=O) groups excluding carboxylic acids is 2. The Labute approximate surface area is 178 Å². The number of aromatic nitrogens is 1. The summed E-state index contributed by atoms with van der Waals surface area (Å²) >= 11 is 1.41. The fraction of sp³-hybridized carbons (Fsp3) is 0.261. The molecule has 0 unspecified atom stereocenters. The van der Waals surface area contributed by atoms with Crippen LogP contribution in [0.4, 0.5) is 10.8 Å². The van der Waals surface area contributed by atoms with Crippen molar-refractivity contribution in [1.82, 2.24) is 4.98 Å². The van der Waals surface area contributed by atoms with Crippen LogP contribution < -0.4 is 15.4 Å². The molecule has 0 aliphatic carbocycles. The highest BCUT2D eigenvalue weighted by Crippen LogP contribution is 2.32. The van der Waals surface area contributed by atoms with E-state index in [1.54, 1.807) is 0 Å². The van der Waals surface area contributed by atoms with Crippen LogP contribution >= 0.6 is 11.3 Å². The summed E-state index contributed by atoms with van der Waals surface area (Å²) < 4.78 is 5.55. The Kier molecular flexibility index (Phi) is 4.96. The number of nitrogens with zero attached hydrogens (tertiary/aromatic N) is 1. The molecule has 2 aliphatic rings. The first kappa shape index (κ1) is 18.8. The summed E-state index contributed by atoms with van der Waals surface area (Å²) in [5, 5.41) is 8.32. The highest BCUT2D eigenvalue weighted by Gasteiger charge is 2.26. The van der Waals surface area contributed by atoms with Crippen LogP contribution in [-0.2, 0) is 22.4 Å². The summed E-state index contributed by atoms with van der Waals surface area (Å²) in [6.07, 6.45) is 2.37. The Morgan fingerprint density at radius 2 is 2.13 bits per heavy atom. The molecule has 2 aromatic carbocycles. The van der Waals surface area contributed by atoms with Gasteiger partial charge in [0.05, 0.1) is 12.3 Å². The predicted octanol–water partition coefficient (Wildman–Crippen LogP) is 4.27. The van der Waals surface area contributed by atoms with Crippen molar-refractivity contribution in [3.8, 4) is 17.0 Å². The van der Waals surface area contributed by atoms with E-state index < -0.39 is 0 Å². The Morgan fingerprint density at radius 3 is 3.07 bits per heavy atom. The van der Waals surface area contributed by atoms with E-state index in [4.69, 9.17) is 4.74 Å². The molecule has 0 bridgehead atoms. The number of thiazole rings is 1. The maximum Gasteiger partial charge on any atom is 0.227 e. The van der Waals surface area contributed by atoms with Crippen LogP contribution in [-0.4, -0.2) is 23.4 Å². The average molecular weight is 420 g/mol. The van der Waals surface area contributed by atoms with Gasteiger partial charge in [-0.05, 0) is 48.2 Å². The molecule has 2 aliphatic heterocycles. The van der Waals surface area contributed by atoms with Gasteiger partial charge in [-0.2, -0.15) is 0 Å². The Morgan fingerprint density at radius 1 is 1.23 bits per heavy atom. The molecule has 5 rings (SSSR count). The summed E-state index contributed by atoms with van der Waals surface area (Å²) in [7, 11) is 0. The van der Waals surface area contributed by atoms with Crippen molar-refractivity contribution in [1.29, 1.82) is 0 Å². The van der Waals surface area contributed by atoms with Crippen molar-refractivity contribution in [3.63, 3.8) is 0 Å². The smallest absolute Gasteiger partial charge is 0.227 e. The molecule has 0 saturated carbocycles. The maximum atomic E-state index is 12.4. The highest BCUT2D eigenvalue weighted by molar-refractivity contribution is 7.14. The molecule has 6 nitrogen and oxygen atoms in total. The fourth-order valence-corrected chi connectivity index (χ4v) is 4.68. The third kappa shape index (κ3) is 3.80. The first-order valence-electron chi connectivity index (χ1n) is 10.1. The van der Waals surface area contributed by atoms with Gasteiger partial charge in [-0.1, -0.05) is 18.2 Å². The lowest BCUT2D eigenvalue weighted by molar-refractivity contribution is -0.121. The van der Waals surface area contributed by atoms with E-state index in [0.717, 1.165) is 41.3 Å². The number of anilines is 2. The van der Waals surface area contributed by atoms with Crippen LogP contribution in [0.1, 0.15) is 24.0 Å². The van der Waals surface area contributed by atoms with Crippen LogP contribution in [0.5, 0.6) is 5.75 Å². The van der Waals surface area contributed by atoms with Crippen molar-refractivity contribution < 1.29 is 14.3 Å². The van der Waals surface area contributed by atoms with Gasteiger partial charge in [-0.25, -0.2) is 4.98 Å². The van der Waals surface area contributed by atoms with E-state index in [9.17, 15) is 9.59 Å². The van der Waals surface area contributed by atoms with Gasteiger partial charge in [-0.3, -0.25) is 9.59 Å². The van der Waals surface area contributed by atoms with Gasteiger partial charge in [0.1, 0.15) is 5.75 Å². The molecule has 0 spiro atoms. The van der Waals surface area contributed by atoms with Gasteiger partial charge in [-0.15, -0.1) is 11.3 Å². The number of ether oxygens (including phenoxy) is 1. The van der Waals surface area contributed by atoms with E-state index in [2.05, 4.69) is 21.7 Å². The van der Waals surface area contributed by atoms with Crippen LogP contribution in [0.25, 0.3) is 11.3 Å². The molecule has 1 atom stereocenters. The molecule has 30 heavy (non-hydrogen) atoms. The SMILES string of the molecule is O=C(CC[C@@H]1Cc2ccccc2NC1=O)Nc1nc(-c2ccc3c(c2)CCO3)cs1. The van der Waals surface area contributed by atoms with Gasteiger partial charge >= 0.3 is 0 Å². The number of amides is 2. The molecule has 152 valence electrons. The topological polar surface area (TPSA) is 80.3 Å². The molecule has 0 fully saturated rings. The summed E-state index contributed by atoms with van der Waals surface area (Å²) in [4.78, 5) is 29.3. The lowest BCUT2D eigenvalue weighted by Crippen LogP contribution is -2.30. The minimum atomic E-state index is -0.189. The number of nitrogens with one attached hydrogen (secondary N) is 2. The zero-order chi connectivity index (χ0) is 20.5. The summed E-state index contributed by atoms with van der Waals surface area (Å²) in [5.41, 5.74) is 5.05. The van der Waals surface area contributed by atoms with Gasteiger partial charge in [0.2, 0.25) is 11.8 Å². The second kappa shape index (κ2) is 7.91. The number of carbonyl (C=O) groups is 2. The first-order chi connectivity index (χ1) is 14.7. The average Bonchev–Trinajstić information content (AvgIpc) is 3.41. The standard InChI is InChI=1S/C23H21N3O3S/c27-21(8-6-17-12-14-3-1-2-4-18(14)24-22(17)28)26-23-25-19(13-30-23)15-5-7-20-16(11-15)9-10-29-20/h1-5,7,11,13,17H,6,8-10,12H2,(H,24,28)(H,25,26,27)/t17-/m1/s1. The number of fused-ring (bicyclic) bond motifs is 2. The van der Waals surface area contributed by atoms with Crippen molar-refractivity contribution >= 4 is 34.0 Å². The Balaban J connectivity index is 1.18. The van der Waals surface area contributed by atoms with Gasteiger partial charge in [0, 0.05) is 35.4 Å². The minimum absolute atomic E-state index is 0.0152. The molecule has 0 radical (unpaired) electrons. The van der Waals surface area contributed by atoms with Crippen LogP contribution in [0.15, 0.2) is 47.8 Å². The zero-order valence-corrected chi connectivity index (χ0v) is 17.1. The van der Waals surface area contributed by atoms with E-state index in [0.29, 0.717) is 18.0 Å². The van der Waals surface area contributed by atoms with Crippen molar-refractivity contribution in [3.05, 3.63) is 59.0 Å². The van der Waals surface area contributed by atoms with Gasteiger partial charge < -0.3 is 15.4 Å². The molecule has 2 amide bonds. The number of hydrogen-bond donors (Lipinski definition) is 2. The first-order valence-corrected chi connectivity index (χ1v) is 10.9. The number of rotatable bonds is 5. The third-order valence-electron chi connectivity index (χ3n) is 5.57. The predicted molar refractivity (Wildman–Crippen MR) is 117 cm³/mol. The van der Waals surface area contributed by atoms with Crippen molar-refractivity contribution in [2.45, 2.75) is 25.7 Å². The normalized spacial score (nSPS) is 16.9. The van der Waals surface area contributed by atoms with Crippen molar-refractivity contribution in [2.24, 2.45) is 5.92 Å². The molecule has 1 aromatic heterocycles. The summed E-state index contributed by atoms with van der Waals surface area (Å²) in [5.74, 6) is 0.617. The maximum absolute atomic E-state index is 12.4. The Hall–Kier alpha value is -3.19. The molecule has 3 heterocycles. The highest BCUT2D eigenvalue weighted by atomic mass is 32.1. The Bertz CT molecular complexity index is 1120.